The SMILES string of the molecule is CCCCCC(=O)c1cccc(Cl)c1F. The topological polar surface area (TPSA) is 17.1 Å². The van der Waals surface area contributed by atoms with Gasteiger partial charge in [-0.1, -0.05) is 37.4 Å². The average molecular weight is 229 g/mol. The van der Waals surface area contributed by atoms with Gasteiger partial charge in [-0.05, 0) is 18.6 Å². The maximum absolute atomic E-state index is 13.4. The quantitative estimate of drug-likeness (QED) is 0.544. The molecule has 0 saturated carbocycles. The lowest BCUT2D eigenvalue weighted by molar-refractivity contribution is 0.0975. The first-order chi connectivity index (χ1) is 7.16. The number of ketones is 1. The molecule has 0 radical (unpaired) electrons. The molecule has 82 valence electrons. The monoisotopic (exact) mass is 228 g/mol. The maximum atomic E-state index is 13.4. The summed E-state index contributed by atoms with van der Waals surface area (Å²) in [6.07, 6.45) is 3.24. The molecule has 0 N–H and O–H groups in total. The number of Topliss-reactive ketones (excluding diaryl/α,β-unsaturated/α-hetero) is 1. The lowest BCUT2D eigenvalue weighted by Gasteiger charge is -2.03. The summed E-state index contributed by atoms with van der Waals surface area (Å²) in [6.45, 7) is 2.06. The minimum Gasteiger partial charge on any atom is -0.294 e. The standard InChI is InChI=1S/C12H14ClFO/c1-2-3-4-8-11(15)9-6-5-7-10(13)12(9)14/h5-7H,2-4,8H2,1H3. The van der Waals surface area contributed by atoms with Gasteiger partial charge in [-0.25, -0.2) is 4.39 Å². The predicted molar refractivity (Wildman–Crippen MR) is 59.9 cm³/mol. The zero-order chi connectivity index (χ0) is 11.3. The molecule has 0 heterocycles. The van der Waals surface area contributed by atoms with Gasteiger partial charge in [0.25, 0.3) is 0 Å². The fourth-order valence-corrected chi connectivity index (χ4v) is 1.56. The van der Waals surface area contributed by atoms with Crippen molar-refractivity contribution in [3.05, 3.63) is 34.6 Å². The molecule has 0 spiro atoms. The molecule has 3 heteroatoms. The first kappa shape index (κ1) is 12.2. The first-order valence-electron chi connectivity index (χ1n) is 5.14. The van der Waals surface area contributed by atoms with E-state index in [4.69, 9.17) is 11.6 Å². The van der Waals surface area contributed by atoms with Gasteiger partial charge in [-0.15, -0.1) is 0 Å². The molecule has 1 nitrogen and oxygen atoms in total. The molecular formula is C12H14ClFO. The minimum atomic E-state index is -0.597. The Labute approximate surface area is 94.3 Å². The molecule has 15 heavy (non-hydrogen) atoms. The van der Waals surface area contributed by atoms with Gasteiger partial charge in [0.1, 0.15) is 0 Å². The fraction of sp³-hybridized carbons (Fsp3) is 0.417. The highest BCUT2D eigenvalue weighted by molar-refractivity contribution is 6.31. The summed E-state index contributed by atoms with van der Waals surface area (Å²) in [4.78, 5) is 11.6. The Morgan fingerprint density at radius 3 is 2.80 bits per heavy atom. The molecule has 0 aromatic heterocycles. The van der Waals surface area contributed by atoms with Gasteiger partial charge in [-0.3, -0.25) is 4.79 Å². The Morgan fingerprint density at radius 1 is 1.40 bits per heavy atom. The van der Waals surface area contributed by atoms with Crippen molar-refractivity contribution in [1.29, 1.82) is 0 Å². The van der Waals surface area contributed by atoms with E-state index in [2.05, 4.69) is 6.92 Å². The molecule has 0 fully saturated rings. The second-order valence-electron chi connectivity index (χ2n) is 3.48. The lowest BCUT2D eigenvalue weighted by Crippen LogP contribution is -2.02. The van der Waals surface area contributed by atoms with Crippen LogP contribution < -0.4 is 0 Å². The van der Waals surface area contributed by atoms with Crippen molar-refractivity contribution in [2.45, 2.75) is 32.6 Å². The third-order valence-corrected chi connectivity index (χ3v) is 2.55. The fourth-order valence-electron chi connectivity index (χ4n) is 1.39. The molecule has 1 rings (SSSR count). The third-order valence-electron chi connectivity index (χ3n) is 2.26. The number of carbonyl (C=O) groups is 1. The van der Waals surface area contributed by atoms with E-state index in [1.165, 1.54) is 12.1 Å². The van der Waals surface area contributed by atoms with E-state index in [-0.39, 0.29) is 16.4 Å². The Hall–Kier alpha value is -0.890. The molecule has 0 aliphatic carbocycles. The number of benzene rings is 1. The lowest BCUT2D eigenvalue weighted by atomic mass is 10.0. The van der Waals surface area contributed by atoms with E-state index < -0.39 is 5.82 Å². The Morgan fingerprint density at radius 2 is 2.13 bits per heavy atom. The summed E-state index contributed by atoms with van der Waals surface area (Å²) < 4.78 is 13.4. The van der Waals surface area contributed by atoms with Gasteiger partial charge in [0.15, 0.2) is 11.6 Å². The average Bonchev–Trinajstić information content (AvgIpc) is 2.22. The molecule has 0 saturated heterocycles. The molecule has 0 aliphatic heterocycles. The van der Waals surface area contributed by atoms with Crippen LogP contribution in [-0.2, 0) is 0 Å². The van der Waals surface area contributed by atoms with Gasteiger partial charge in [0.2, 0.25) is 0 Å². The number of rotatable bonds is 5. The van der Waals surface area contributed by atoms with Crippen molar-refractivity contribution in [2.24, 2.45) is 0 Å². The van der Waals surface area contributed by atoms with E-state index >= 15 is 0 Å². The molecule has 0 unspecified atom stereocenters. The molecule has 0 amide bonds. The maximum Gasteiger partial charge on any atom is 0.165 e. The van der Waals surface area contributed by atoms with Gasteiger partial charge in [0, 0.05) is 6.42 Å². The van der Waals surface area contributed by atoms with Crippen LogP contribution in [0.5, 0.6) is 0 Å². The van der Waals surface area contributed by atoms with Crippen LogP contribution in [0.2, 0.25) is 5.02 Å². The summed E-state index contributed by atoms with van der Waals surface area (Å²) >= 11 is 5.59. The van der Waals surface area contributed by atoms with Crippen LogP contribution in [-0.4, -0.2) is 5.78 Å². The van der Waals surface area contributed by atoms with Crippen molar-refractivity contribution in [3.8, 4) is 0 Å². The van der Waals surface area contributed by atoms with Crippen LogP contribution in [0.1, 0.15) is 43.0 Å². The van der Waals surface area contributed by atoms with Gasteiger partial charge >= 0.3 is 0 Å². The summed E-state index contributed by atoms with van der Waals surface area (Å²) in [5.41, 5.74) is 0.110. The van der Waals surface area contributed by atoms with Gasteiger partial charge < -0.3 is 0 Å². The molecule has 0 bridgehead atoms. The Balaban J connectivity index is 2.69. The zero-order valence-corrected chi connectivity index (χ0v) is 9.48. The van der Waals surface area contributed by atoms with Gasteiger partial charge in [-0.2, -0.15) is 0 Å². The highest BCUT2D eigenvalue weighted by Crippen LogP contribution is 2.19. The van der Waals surface area contributed by atoms with E-state index in [0.717, 1.165) is 19.3 Å². The van der Waals surface area contributed by atoms with Crippen LogP contribution in [0, 0.1) is 5.82 Å². The molecule has 0 atom stereocenters. The van der Waals surface area contributed by atoms with Crippen LogP contribution in [0.15, 0.2) is 18.2 Å². The minimum absolute atomic E-state index is 0.0105. The summed E-state index contributed by atoms with van der Waals surface area (Å²) in [5.74, 6) is -0.760. The number of hydrogen-bond acceptors (Lipinski definition) is 1. The van der Waals surface area contributed by atoms with Crippen molar-refractivity contribution in [1.82, 2.24) is 0 Å². The normalized spacial score (nSPS) is 10.3. The van der Waals surface area contributed by atoms with E-state index in [0.29, 0.717) is 6.42 Å². The Kier molecular flexibility index (Phi) is 4.76. The van der Waals surface area contributed by atoms with Gasteiger partial charge in [0.05, 0.1) is 10.6 Å². The number of halogens is 2. The van der Waals surface area contributed by atoms with Crippen molar-refractivity contribution in [2.75, 3.05) is 0 Å². The number of unbranched alkanes of at least 4 members (excludes halogenated alkanes) is 2. The first-order valence-corrected chi connectivity index (χ1v) is 5.51. The second kappa shape index (κ2) is 5.86. The number of hydrogen-bond donors (Lipinski definition) is 0. The van der Waals surface area contributed by atoms with Crippen molar-refractivity contribution in [3.63, 3.8) is 0 Å². The predicted octanol–water partition coefficient (Wildman–Crippen LogP) is 4.24. The smallest absolute Gasteiger partial charge is 0.165 e. The molecule has 1 aromatic carbocycles. The van der Waals surface area contributed by atoms with Crippen LogP contribution in [0.25, 0.3) is 0 Å². The van der Waals surface area contributed by atoms with E-state index in [1.807, 2.05) is 0 Å². The summed E-state index contributed by atoms with van der Waals surface area (Å²) in [6, 6.07) is 4.52. The molecule has 1 aromatic rings. The zero-order valence-electron chi connectivity index (χ0n) is 8.72. The highest BCUT2D eigenvalue weighted by atomic mass is 35.5. The van der Waals surface area contributed by atoms with E-state index in [1.54, 1.807) is 6.07 Å². The van der Waals surface area contributed by atoms with Crippen LogP contribution in [0.3, 0.4) is 0 Å². The molecule has 0 aliphatic rings. The Bertz CT molecular complexity index is 349. The van der Waals surface area contributed by atoms with Crippen LogP contribution >= 0.6 is 11.6 Å². The third kappa shape index (κ3) is 3.31. The van der Waals surface area contributed by atoms with Crippen molar-refractivity contribution < 1.29 is 9.18 Å². The largest absolute Gasteiger partial charge is 0.294 e. The van der Waals surface area contributed by atoms with Crippen molar-refractivity contribution >= 4 is 17.4 Å². The summed E-state index contributed by atoms with van der Waals surface area (Å²) in [5, 5.41) is 0.0105. The van der Waals surface area contributed by atoms with E-state index in [9.17, 15) is 9.18 Å². The van der Waals surface area contributed by atoms with Crippen LogP contribution in [0.4, 0.5) is 4.39 Å². The summed E-state index contributed by atoms with van der Waals surface area (Å²) in [7, 11) is 0. The molecular weight excluding hydrogens is 215 g/mol. The highest BCUT2D eigenvalue weighted by Gasteiger charge is 2.13. The second-order valence-corrected chi connectivity index (χ2v) is 3.89. The number of carbonyl (C=O) groups excluding carboxylic acids is 1.